The SMILES string of the molecule is O=C(c1ncccn1)N1CCC(CC2CC2)(c2noc(C3CCOCC3)n2)CC1. The lowest BCUT2D eigenvalue weighted by molar-refractivity contribution is 0.0633. The highest BCUT2D eigenvalue weighted by Crippen LogP contribution is 2.47. The van der Waals surface area contributed by atoms with Crippen molar-refractivity contribution < 1.29 is 14.1 Å². The Kier molecular flexibility index (Phi) is 5.03. The van der Waals surface area contributed by atoms with Crippen LogP contribution in [0.3, 0.4) is 0 Å². The van der Waals surface area contributed by atoms with Crippen molar-refractivity contribution in [3.05, 3.63) is 36.0 Å². The first kappa shape index (κ1) is 18.7. The number of nitrogens with zero attached hydrogens (tertiary/aromatic N) is 5. The van der Waals surface area contributed by atoms with Gasteiger partial charge in [0.25, 0.3) is 5.91 Å². The van der Waals surface area contributed by atoms with Gasteiger partial charge in [0.15, 0.2) is 5.82 Å². The van der Waals surface area contributed by atoms with Gasteiger partial charge in [0, 0.05) is 50.0 Å². The summed E-state index contributed by atoms with van der Waals surface area (Å²) < 4.78 is 11.2. The highest BCUT2D eigenvalue weighted by Gasteiger charge is 2.45. The number of aromatic nitrogens is 4. The maximum Gasteiger partial charge on any atom is 0.291 e. The van der Waals surface area contributed by atoms with Gasteiger partial charge in [0.1, 0.15) is 0 Å². The van der Waals surface area contributed by atoms with Crippen LogP contribution in [0.1, 0.15) is 73.2 Å². The molecule has 2 aromatic rings. The molecule has 0 unspecified atom stereocenters. The van der Waals surface area contributed by atoms with Crippen LogP contribution in [0.4, 0.5) is 0 Å². The van der Waals surface area contributed by atoms with E-state index in [1.807, 2.05) is 4.90 Å². The Hall–Kier alpha value is -2.35. The fourth-order valence-electron chi connectivity index (χ4n) is 4.64. The fraction of sp³-hybridized carbons (Fsp3) is 0.667. The van der Waals surface area contributed by atoms with Gasteiger partial charge < -0.3 is 14.2 Å². The van der Waals surface area contributed by atoms with E-state index in [9.17, 15) is 4.79 Å². The molecule has 154 valence electrons. The van der Waals surface area contributed by atoms with Crippen molar-refractivity contribution in [1.82, 2.24) is 25.0 Å². The summed E-state index contributed by atoms with van der Waals surface area (Å²) in [5, 5.41) is 4.44. The Balaban J connectivity index is 1.32. The third-order valence-electron chi connectivity index (χ3n) is 6.63. The van der Waals surface area contributed by atoms with E-state index in [0.717, 1.165) is 63.0 Å². The molecule has 2 aliphatic heterocycles. The second-order valence-electron chi connectivity index (χ2n) is 8.64. The van der Waals surface area contributed by atoms with Gasteiger partial charge in [-0.05, 0) is 44.1 Å². The molecule has 1 amide bonds. The van der Waals surface area contributed by atoms with Crippen LogP contribution < -0.4 is 0 Å². The number of rotatable bonds is 5. The Bertz CT molecular complexity index is 837. The molecule has 8 nitrogen and oxygen atoms in total. The van der Waals surface area contributed by atoms with Crippen LogP contribution in [0.5, 0.6) is 0 Å². The number of hydrogen-bond donors (Lipinski definition) is 0. The standard InChI is InChI=1S/C21H27N5O3/c27-19(17-22-8-1-9-23-17)26-10-6-21(7-11-26,14-15-2-3-15)20-24-18(29-25-20)16-4-12-28-13-5-16/h1,8-9,15-16H,2-7,10-14H2. The molecule has 3 fully saturated rings. The van der Waals surface area contributed by atoms with Gasteiger partial charge in [-0.25, -0.2) is 9.97 Å². The van der Waals surface area contributed by atoms with Crippen molar-refractivity contribution >= 4 is 5.91 Å². The average Bonchev–Trinajstić information content (AvgIpc) is 3.45. The van der Waals surface area contributed by atoms with Crippen molar-refractivity contribution in [2.24, 2.45) is 5.92 Å². The second kappa shape index (κ2) is 7.82. The van der Waals surface area contributed by atoms with E-state index < -0.39 is 0 Å². The van der Waals surface area contributed by atoms with Gasteiger partial charge in [-0.1, -0.05) is 18.0 Å². The largest absolute Gasteiger partial charge is 0.381 e. The summed E-state index contributed by atoms with van der Waals surface area (Å²) in [6.45, 7) is 2.86. The monoisotopic (exact) mass is 397 g/mol. The van der Waals surface area contributed by atoms with Crippen LogP contribution in [0.25, 0.3) is 0 Å². The molecule has 0 radical (unpaired) electrons. The Morgan fingerprint density at radius 2 is 1.83 bits per heavy atom. The summed E-state index contributed by atoms with van der Waals surface area (Å²) in [4.78, 5) is 27.7. The van der Waals surface area contributed by atoms with E-state index in [4.69, 9.17) is 14.2 Å². The van der Waals surface area contributed by atoms with Gasteiger partial charge in [-0.15, -0.1) is 0 Å². The predicted octanol–water partition coefficient (Wildman–Crippen LogP) is 2.73. The van der Waals surface area contributed by atoms with Gasteiger partial charge in [0.2, 0.25) is 11.7 Å². The van der Waals surface area contributed by atoms with Crippen molar-refractivity contribution in [3.63, 3.8) is 0 Å². The predicted molar refractivity (Wildman–Crippen MR) is 103 cm³/mol. The zero-order chi connectivity index (χ0) is 19.7. The molecule has 0 spiro atoms. The minimum Gasteiger partial charge on any atom is -0.381 e. The van der Waals surface area contributed by atoms with E-state index in [0.29, 0.717) is 19.0 Å². The first-order valence-electron chi connectivity index (χ1n) is 10.7. The zero-order valence-electron chi connectivity index (χ0n) is 16.6. The molecule has 8 heteroatoms. The molecule has 2 aromatic heterocycles. The van der Waals surface area contributed by atoms with E-state index >= 15 is 0 Å². The minimum absolute atomic E-state index is 0.0948. The van der Waals surface area contributed by atoms with Crippen molar-refractivity contribution in [2.45, 2.75) is 56.3 Å². The number of carbonyl (C=O) groups excluding carboxylic acids is 1. The highest BCUT2D eigenvalue weighted by atomic mass is 16.5. The first-order chi connectivity index (χ1) is 14.2. The molecular formula is C21H27N5O3. The third kappa shape index (κ3) is 3.90. The summed E-state index contributed by atoms with van der Waals surface area (Å²) in [5.41, 5.74) is -0.0948. The molecule has 3 aliphatic rings. The molecule has 2 saturated heterocycles. The molecule has 0 atom stereocenters. The minimum atomic E-state index is -0.0957. The number of likely N-dealkylation sites (tertiary alicyclic amines) is 1. The highest BCUT2D eigenvalue weighted by molar-refractivity contribution is 5.90. The third-order valence-corrected chi connectivity index (χ3v) is 6.63. The normalized spacial score (nSPS) is 22.6. The maximum absolute atomic E-state index is 12.7. The summed E-state index contributed by atoms with van der Waals surface area (Å²) >= 11 is 0. The van der Waals surface area contributed by atoms with E-state index in [-0.39, 0.29) is 17.1 Å². The van der Waals surface area contributed by atoms with Crippen LogP contribution in [-0.4, -0.2) is 57.2 Å². The lowest BCUT2D eigenvalue weighted by Gasteiger charge is -2.39. The summed E-state index contributed by atoms with van der Waals surface area (Å²) in [5.74, 6) is 2.83. The van der Waals surface area contributed by atoms with Gasteiger partial charge in [-0.3, -0.25) is 4.79 Å². The van der Waals surface area contributed by atoms with Crippen LogP contribution in [0, 0.1) is 5.92 Å². The second-order valence-corrected chi connectivity index (χ2v) is 8.64. The first-order valence-corrected chi connectivity index (χ1v) is 10.7. The topological polar surface area (TPSA) is 94.2 Å². The Morgan fingerprint density at radius 3 is 2.52 bits per heavy atom. The van der Waals surface area contributed by atoms with Crippen molar-refractivity contribution in [3.8, 4) is 0 Å². The van der Waals surface area contributed by atoms with Gasteiger partial charge in [-0.2, -0.15) is 4.98 Å². The lowest BCUT2D eigenvalue weighted by atomic mass is 9.73. The number of piperidine rings is 1. The van der Waals surface area contributed by atoms with Crippen LogP contribution >= 0.6 is 0 Å². The molecule has 0 bridgehead atoms. The molecule has 4 heterocycles. The molecule has 0 aromatic carbocycles. The Morgan fingerprint density at radius 1 is 1.10 bits per heavy atom. The number of hydrogen-bond acceptors (Lipinski definition) is 7. The van der Waals surface area contributed by atoms with Crippen molar-refractivity contribution in [1.29, 1.82) is 0 Å². The quantitative estimate of drug-likeness (QED) is 0.765. The molecule has 29 heavy (non-hydrogen) atoms. The number of ether oxygens (including phenoxy) is 1. The van der Waals surface area contributed by atoms with Crippen LogP contribution in [0.15, 0.2) is 23.0 Å². The van der Waals surface area contributed by atoms with Gasteiger partial charge in [0.05, 0.1) is 0 Å². The fourth-order valence-corrected chi connectivity index (χ4v) is 4.64. The summed E-state index contributed by atoms with van der Waals surface area (Å²) in [6.07, 6.45) is 10.5. The van der Waals surface area contributed by atoms with Crippen LogP contribution in [0.2, 0.25) is 0 Å². The number of amides is 1. The Labute approximate surface area is 170 Å². The molecule has 1 saturated carbocycles. The molecular weight excluding hydrogens is 370 g/mol. The lowest BCUT2D eigenvalue weighted by Crippen LogP contribution is -2.46. The van der Waals surface area contributed by atoms with Gasteiger partial charge >= 0.3 is 0 Å². The molecule has 1 aliphatic carbocycles. The van der Waals surface area contributed by atoms with E-state index in [1.165, 1.54) is 12.8 Å². The molecule has 0 N–H and O–H groups in total. The summed E-state index contributed by atoms with van der Waals surface area (Å²) in [7, 11) is 0. The van der Waals surface area contributed by atoms with E-state index in [1.54, 1.807) is 18.5 Å². The summed E-state index contributed by atoms with van der Waals surface area (Å²) in [6, 6.07) is 1.72. The zero-order valence-corrected chi connectivity index (χ0v) is 16.6. The average molecular weight is 397 g/mol. The van der Waals surface area contributed by atoms with Crippen LogP contribution in [-0.2, 0) is 10.2 Å². The van der Waals surface area contributed by atoms with E-state index in [2.05, 4.69) is 15.1 Å². The number of carbonyl (C=O) groups is 1. The van der Waals surface area contributed by atoms with Crippen molar-refractivity contribution in [2.75, 3.05) is 26.3 Å². The smallest absolute Gasteiger partial charge is 0.291 e. The molecule has 5 rings (SSSR count). The maximum atomic E-state index is 12.7.